The van der Waals surface area contributed by atoms with Crippen molar-refractivity contribution >= 4 is 11.9 Å². The molecular formula is C17H34N2O4. The Hall–Kier alpha value is -1.14. The minimum absolute atomic E-state index is 0.149. The summed E-state index contributed by atoms with van der Waals surface area (Å²) in [6.07, 6.45) is 7.50. The maximum atomic E-state index is 11.8. The van der Waals surface area contributed by atoms with Crippen LogP contribution in [0.15, 0.2) is 0 Å². The lowest BCUT2D eigenvalue weighted by molar-refractivity contribution is -0.146. The van der Waals surface area contributed by atoms with Gasteiger partial charge in [-0.05, 0) is 25.3 Å². The molecule has 0 aromatic heterocycles. The van der Waals surface area contributed by atoms with Crippen LogP contribution in [-0.2, 0) is 14.3 Å². The molecule has 1 atom stereocenters. The molecule has 0 aromatic rings. The summed E-state index contributed by atoms with van der Waals surface area (Å²) in [7, 11) is 1.76. The van der Waals surface area contributed by atoms with Crippen LogP contribution in [0.1, 0.15) is 59.3 Å². The molecule has 3 N–H and O–H groups in total. The van der Waals surface area contributed by atoms with E-state index in [4.69, 9.17) is 15.6 Å². The van der Waals surface area contributed by atoms with Crippen molar-refractivity contribution < 1.29 is 19.4 Å². The largest absolute Gasteiger partial charge is 0.480 e. The summed E-state index contributed by atoms with van der Waals surface area (Å²) < 4.78 is 4.83. The Morgan fingerprint density at radius 1 is 1.17 bits per heavy atom. The molecular weight excluding hydrogens is 296 g/mol. The number of carbonyl (C=O) groups excluding carboxylic acids is 1. The summed E-state index contributed by atoms with van der Waals surface area (Å²) >= 11 is 0. The van der Waals surface area contributed by atoms with Crippen molar-refractivity contribution in [2.24, 2.45) is 11.7 Å². The number of nitrogens with zero attached hydrogens (tertiary/aromatic N) is 1. The molecule has 1 saturated carbocycles. The maximum absolute atomic E-state index is 11.8. The van der Waals surface area contributed by atoms with Crippen LogP contribution >= 0.6 is 0 Å². The van der Waals surface area contributed by atoms with Gasteiger partial charge in [-0.1, -0.05) is 46.0 Å². The predicted molar refractivity (Wildman–Crippen MR) is 91.2 cm³/mol. The number of hydrogen-bond donors (Lipinski definition) is 2. The number of carboxylic acid groups (broad SMARTS) is 1. The third-order valence-corrected chi connectivity index (χ3v) is 3.90. The summed E-state index contributed by atoms with van der Waals surface area (Å²) in [6, 6.07) is 0.518. The third kappa shape index (κ3) is 12.0. The minimum Gasteiger partial charge on any atom is -0.480 e. The second kappa shape index (κ2) is 12.3. The van der Waals surface area contributed by atoms with Crippen molar-refractivity contribution in [3.63, 3.8) is 0 Å². The van der Waals surface area contributed by atoms with E-state index >= 15 is 0 Å². The van der Waals surface area contributed by atoms with Crippen LogP contribution in [0.4, 0.5) is 0 Å². The standard InChI is InChI=1S/C14H25NO4.C3H9N/c1-11(8-12-6-4-3-5-7-12)15(2)13(16)9-19-10-14(17)18;1-3(2)4/h11-12H,3-10H2,1-2H3,(H,17,18);3H,4H2,1-2H3. The van der Waals surface area contributed by atoms with Crippen molar-refractivity contribution in [1.29, 1.82) is 0 Å². The fourth-order valence-electron chi connectivity index (χ4n) is 2.64. The van der Waals surface area contributed by atoms with E-state index in [1.165, 1.54) is 32.1 Å². The first kappa shape index (κ1) is 21.9. The molecule has 0 aliphatic heterocycles. The second-order valence-electron chi connectivity index (χ2n) is 6.72. The lowest BCUT2D eigenvalue weighted by Crippen LogP contribution is -2.39. The van der Waals surface area contributed by atoms with Gasteiger partial charge in [0.15, 0.2) is 0 Å². The Morgan fingerprint density at radius 2 is 1.70 bits per heavy atom. The van der Waals surface area contributed by atoms with Gasteiger partial charge in [0.25, 0.3) is 0 Å². The highest BCUT2D eigenvalue weighted by Gasteiger charge is 2.21. The van der Waals surface area contributed by atoms with E-state index in [-0.39, 0.29) is 18.6 Å². The fraction of sp³-hybridized carbons (Fsp3) is 0.882. The van der Waals surface area contributed by atoms with E-state index in [2.05, 4.69) is 0 Å². The molecule has 1 aliphatic carbocycles. The lowest BCUT2D eigenvalue weighted by Gasteiger charge is -2.30. The molecule has 1 aliphatic rings. The van der Waals surface area contributed by atoms with Crippen LogP contribution in [0.3, 0.4) is 0 Å². The topological polar surface area (TPSA) is 92.9 Å². The molecule has 6 heteroatoms. The third-order valence-electron chi connectivity index (χ3n) is 3.90. The van der Waals surface area contributed by atoms with Crippen LogP contribution in [-0.4, -0.2) is 54.2 Å². The number of nitrogens with two attached hydrogens (primary N) is 1. The van der Waals surface area contributed by atoms with Gasteiger partial charge in [-0.25, -0.2) is 4.79 Å². The summed E-state index contributed by atoms with van der Waals surface area (Å²) in [5, 5.41) is 8.44. The van der Waals surface area contributed by atoms with Crippen molar-refractivity contribution in [1.82, 2.24) is 4.90 Å². The molecule has 0 radical (unpaired) electrons. The van der Waals surface area contributed by atoms with Gasteiger partial charge in [0.2, 0.25) is 5.91 Å². The highest BCUT2D eigenvalue weighted by atomic mass is 16.5. The maximum Gasteiger partial charge on any atom is 0.329 e. The molecule has 0 aromatic carbocycles. The summed E-state index contributed by atoms with van der Waals surface area (Å²) in [6.45, 7) is 5.36. The van der Waals surface area contributed by atoms with Crippen LogP contribution in [0.5, 0.6) is 0 Å². The van der Waals surface area contributed by atoms with Crippen LogP contribution < -0.4 is 5.73 Å². The zero-order valence-electron chi connectivity index (χ0n) is 15.1. The van der Waals surface area contributed by atoms with E-state index in [1.807, 2.05) is 20.8 Å². The number of ether oxygens (including phenoxy) is 1. The van der Waals surface area contributed by atoms with E-state index in [9.17, 15) is 9.59 Å². The Balaban J connectivity index is 0.00000108. The molecule has 0 saturated heterocycles. The van der Waals surface area contributed by atoms with Crippen LogP contribution in [0.2, 0.25) is 0 Å². The average molecular weight is 330 g/mol. The Kier molecular flexibility index (Phi) is 11.7. The summed E-state index contributed by atoms with van der Waals surface area (Å²) in [5.74, 6) is -0.478. The van der Waals surface area contributed by atoms with E-state index in [0.717, 1.165) is 12.3 Å². The number of carbonyl (C=O) groups is 2. The van der Waals surface area contributed by atoms with Crippen molar-refractivity contribution in [3.05, 3.63) is 0 Å². The summed E-state index contributed by atoms with van der Waals surface area (Å²) in [5.41, 5.74) is 5.11. The van der Waals surface area contributed by atoms with E-state index in [1.54, 1.807) is 11.9 Å². The molecule has 1 fully saturated rings. The van der Waals surface area contributed by atoms with E-state index < -0.39 is 12.6 Å². The fourth-order valence-corrected chi connectivity index (χ4v) is 2.64. The van der Waals surface area contributed by atoms with Gasteiger partial charge >= 0.3 is 5.97 Å². The van der Waals surface area contributed by atoms with Gasteiger partial charge in [0, 0.05) is 13.1 Å². The smallest absolute Gasteiger partial charge is 0.329 e. The Labute approximate surface area is 140 Å². The highest BCUT2D eigenvalue weighted by molar-refractivity contribution is 5.78. The molecule has 0 bridgehead atoms. The van der Waals surface area contributed by atoms with Gasteiger partial charge in [0.1, 0.15) is 13.2 Å². The van der Waals surface area contributed by atoms with Gasteiger partial charge < -0.3 is 20.5 Å². The van der Waals surface area contributed by atoms with Crippen LogP contribution in [0.25, 0.3) is 0 Å². The molecule has 6 nitrogen and oxygen atoms in total. The molecule has 136 valence electrons. The quantitative estimate of drug-likeness (QED) is 0.747. The van der Waals surface area contributed by atoms with Crippen molar-refractivity contribution in [3.8, 4) is 0 Å². The molecule has 1 amide bonds. The number of hydrogen-bond acceptors (Lipinski definition) is 4. The minimum atomic E-state index is -1.05. The SMILES string of the molecule is CC(C)N.CC(CC1CCCCC1)N(C)C(=O)COCC(=O)O. The molecule has 23 heavy (non-hydrogen) atoms. The first-order valence-corrected chi connectivity index (χ1v) is 8.54. The van der Waals surface area contributed by atoms with Crippen molar-refractivity contribution in [2.75, 3.05) is 20.3 Å². The highest BCUT2D eigenvalue weighted by Crippen LogP contribution is 2.28. The van der Waals surface area contributed by atoms with Gasteiger partial charge in [-0.15, -0.1) is 0 Å². The molecule has 1 unspecified atom stereocenters. The van der Waals surface area contributed by atoms with Crippen LogP contribution in [0, 0.1) is 5.92 Å². The molecule has 1 rings (SSSR count). The Bertz CT molecular complexity index is 339. The average Bonchev–Trinajstić information content (AvgIpc) is 2.46. The molecule has 0 heterocycles. The number of aliphatic carboxylic acids is 1. The molecule has 0 spiro atoms. The normalized spacial score (nSPS) is 16.4. The van der Waals surface area contributed by atoms with Crippen molar-refractivity contribution in [2.45, 2.75) is 71.4 Å². The first-order chi connectivity index (χ1) is 10.7. The summed E-state index contributed by atoms with van der Waals surface area (Å²) in [4.78, 5) is 23.8. The second-order valence-corrected chi connectivity index (χ2v) is 6.72. The van der Waals surface area contributed by atoms with Gasteiger partial charge in [-0.3, -0.25) is 4.79 Å². The Morgan fingerprint density at radius 3 is 2.17 bits per heavy atom. The number of rotatable bonds is 7. The first-order valence-electron chi connectivity index (χ1n) is 8.54. The zero-order chi connectivity index (χ0) is 17.8. The number of likely N-dealkylation sites (N-methyl/N-ethyl adjacent to an activating group) is 1. The predicted octanol–water partition coefficient (Wildman–Crippen LogP) is 2.26. The monoisotopic (exact) mass is 330 g/mol. The zero-order valence-corrected chi connectivity index (χ0v) is 15.1. The van der Waals surface area contributed by atoms with E-state index in [0.29, 0.717) is 6.04 Å². The number of carboxylic acids is 1. The van der Waals surface area contributed by atoms with Gasteiger partial charge in [0.05, 0.1) is 0 Å². The lowest BCUT2D eigenvalue weighted by atomic mass is 9.85. The number of amides is 1. The van der Waals surface area contributed by atoms with Gasteiger partial charge in [-0.2, -0.15) is 0 Å².